The number of hydrogen-bond acceptors (Lipinski definition) is 2. The fourth-order valence-electron chi connectivity index (χ4n) is 2.25. The highest BCUT2D eigenvalue weighted by molar-refractivity contribution is 5.88. The Morgan fingerprint density at radius 1 is 1.50 bits per heavy atom. The average Bonchev–Trinajstić information content (AvgIpc) is 2.45. The molecule has 2 unspecified atom stereocenters. The number of hydrogen-bond donors (Lipinski definition) is 0. The van der Waals surface area contributed by atoms with Gasteiger partial charge in [-0.05, 0) is 24.2 Å². The lowest BCUT2D eigenvalue weighted by Crippen LogP contribution is -2.38. The summed E-state index contributed by atoms with van der Waals surface area (Å²) in [5.74, 6) is 1.32. The van der Waals surface area contributed by atoms with Gasteiger partial charge in [0.05, 0.1) is 5.71 Å². The van der Waals surface area contributed by atoms with Gasteiger partial charge in [0.15, 0.2) is 0 Å². The van der Waals surface area contributed by atoms with E-state index in [4.69, 9.17) is 4.84 Å². The van der Waals surface area contributed by atoms with Crippen molar-refractivity contribution in [2.45, 2.75) is 33.6 Å². The number of oxime groups is 1. The molecule has 1 saturated carbocycles. The molecule has 0 aromatic carbocycles. The molecule has 0 amide bonds. The van der Waals surface area contributed by atoms with Gasteiger partial charge < -0.3 is 4.84 Å². The van der Waals surface area contributed by atoms with Crippen LogP contribution < -0.4 is 0 Å². The van der Waals surface area contributed by atoms with E-state index in [0.29, 0.717) is 17.3 Å². The van der Waals surface area contributed by atoms with Crippen LogP contribution in [0.2, 0.25) is 0 Å². The lowest BCUT2D eigenvalue weighted by molar-refractivity contribution is 0.0978. The quantitative estimate of drug-likeness (QED) is 0.543. The fourth-order valence-corrected chi connectivity index (χ4v) is 2.25. The molecule has 1 aliphatic carbocycles. The second-order valence-electron chi connectivity index (χ2n) is 4.76. The molecule has 0 spiro atoms. The van der Waals surface area contributed by atoms with Crippen molar-refractivity contribution in [2.24, 2.45) is 22.4 Å². The summed E-state index contributed by atoms with van der Waals surface area (Å²) in [5, 5.41) is 4.09. The van der Waals surface area contributed by atoms with Gasteiger partial charge in [-0.1, -0.05) is 25.9 Å². The van der Waals surface area contributed by atoms with Gasteiger partial charge in [0.25, 0.3) is 0 Å². The van der Waals surface area contributed by atoms with E-state index < -0.39 is 0 Å². The minimum absolute atomic E-state index is 0.470. The van der Waals surface area contributed by atoms with Gasteiger partial charge >= 0.3 is 0 Å². The fraction of sp³-hybridized carbons (Fsp3) is 0.900. The Hall–Kier alpha value is -0.530. The minimum atomic E-state index is 0.470. The monoisotopic (exact) mass is 167 g/mol. The summed E-state index contributed by atoms with van der Waals surface area (Å²) in [6.45, 7) is 7.85. The van der Waals surface area contributed by atoms with E-state index in [0.717, 1.165) is 13.0 Å². The van der Waals surface area contributed by atoms with E-state index in [2.05, 4.69) is 25.9 Å². The third-order valence-corrected chi connectivity index (χ3v) is 3.73. The molecule has 0 N–H and O–H groups in total. The maximum atomic E-state index is 5.14. The molecule has 2 rings (SSSR count). The van der Waals surface area contributed by atoms with Crippen LogP contribution in [0.5, 0.6) is 0 Å². The summed E-state index contributed by atoms with van der Waals surface area (Å²) < 4.78 is 0. The third-order valence-electron chi connectivity index (χ3n) is 3.73. The Morgan fingerprint density at radius 2 is 2.25 bits per heavy atom. The predicted molar refractivity (Wildman–Crippen MR) is 49.1 cm³/mol. The van der Waals surface area contributed by atoms with Crippen LogP contribution in [0, 0.1) is 17.3 Å². The molecule has 0 aromatic rings. The summed E-state index contributed by atoms with van der Waals surface area (Å²) in [4.78, 5) is 5.14. The molecule has 2 heteroatoms. The smallest absolute Gasteiger partial charge is 0.125 e. The zero-order valence-electron chi connectivity index (χ0n) is 8.13. The molecule has 2 aliphatic rings. The number of fused-ring (bicyclic) bond motifs is 1. The van der Waals surface area contributed by atoms with E-state index in [1.54, 1.807) is 0 Å². The zero-order chi connectivity index (χ0) is 8.77. The molecule has 1 aliphatic heterocycles. The van der Waals surface area contributed by atoms with Gasteiger partial charge in [-0.2, -0.15) is 0 Å². The molecular weight excluding hydrogens is 150 g/mol. The molecule has 0 saturated heterocycles. The van der Waals surface area contributed by atoms with Gasteiger partial charge in [0, 0.05) is 5.92 Å². The van der Waals surface area contributed by atoms with Crippen LogP contribution in [-0.4, -0.2) is 12.3 Å². The Kier molecular flexibility index (Phi) is 1.67. The van der Waals surface area contributed by atoms with Crippen molar-refractivity contribution in [3.05, 3.63) is 0 Å². The maximum absolute atomic E-state index is 5.14. The molecule has 1 heterocycles. The van der Waals surface area contributed by atoms with Crippen LogP contribution in [0.1, 0.15) is 33.6 Å². The SMILES string of the molecule is CC1C2CON=C2CCC1(C)C. The van der Waals surface area contributed by atoms with Crippen molar-refractivity contribution in [3.8, 4) is 0 Å². The second-order valence-corrected chi connectivity index (χ2v) is 4.76. The minimum Gasteiger partial charge on any atom is -0.395 e. The lowest BCUT2D eigenvalue weighted by atomic mass is 9.64. The van der Waals surface area contributed by atoms with E-state index in [1.165, 1.54) is 12.1 Å². The van der Waals surface area contributed by atoms with Gasteiger partial charge in [-0.25, -0.2) is 0 Å². The number of nitrogens with zero attached hydrogens (tertiary/aromatic N) is 1. The van der Waals surface area contributed by atoms with E-state index in [1.807, 2.05) is 0 Å². The molecular formula is C10H17NO. The summed E-state index contributed by atoms with van der Waals surface area (Å²) in [7, 11) is 0. The van der Waals surface area contributed by atoms with Crippen LogP contribution in [0.3, 0.4) is 0 Å². The van der Waals surface area contributed by atoms with Crippen LogP contribution >= 0.6 is 0 Å². The first-order chi connectivity index (χ1) is 5.61. The summed E-state index contributed by atoms with van der Waals surface area (Å²) in [6, 6.07) is 0. The van der Waals surface area contributed by atoms with Gasteiger partial charge in [-0.15, -0.1) is 0 Å². The Bertz CT molecular complexity index is 220. The first-order valence-corrected chi connectivity index (χ1v) is 4.80. The first-order valence-electron chi connectivity index (χ1n) is 4.80. The molecule has 1 fully saturated rings. The Balaban J connectivity index is 2.20. The van der Waals surface area contributed by atoms with Crippen molar-refractivity contribution in [3.63, 3.8) is 0 Å². The van der Waals surface area contributed by atoms with E-state index in [-0.39, 0.29) is 0 Å². The van der Waals surface area contributed by atoms with Gasteiger partial charge in [0.1, 0.15) is 6.61 Å². The second kappa shape index (κ2) is 2.48. The van der Waals surface area contributed by atoms with Crippen molar-refractivity contribution in [1.29, 1.82) is 0 Å². The molecule has 2 atom stereocenters. The topological polar surface area (TPSA) is 21.6 Å². The van der Waals surface area contributed by atoms with E-state index in [9.17, 15) is 0 Å². The normalized spacial score (nSPS) is 38.4. The van der Waals surface area contributed by atoms with Gasteiger partial charge in [-0.3, -0.25) is 0 Å². The highest BCUT2D eigenvalue weighted by atomic mass is 16.6. The van der Waals surface area contributed by atoms with Crippen LogP contribution in [0.4, 0.5) is 0 Å². The highest BCUT2D eigenvalue weighted by Crippen LogP contribution is 2.44. The average molecular weight is 167 g/mol. The number of rotatable bonds is 0. The molecule has 0 aromatic heterocycles. The van der Waals surface area contributed by atoms with Gasteiger partial charge in [0.2, 0.25) is 0 Å². The zero-order valence-corrected chi connectivity index (χ0v) is 8.13. The lowest BCUT2D eigenvalue weighted by Gasteiger charge is -2.39. The molecule has 0 bridgehead atoms. The summed E-state index contributed by atoms with van der Waals surface area (Å²) >= 11 is 0. The molecule has 0 radical (unpaired) electrons. The predicted octanol–water partition coefficient (Wildman–Crippen LogP) is 2.44. The Labute approximate surface area is 74.0 Å². The maximum Gasteiger partial charge on any atom is 0.125 e. The largest absolute Gasteiger partial charge is 0.395 e. The third kappa shape index (κ3) is 1.05. The summed E-state index contributed by atoms with van der Waals surface area (Å²) in [5.41, 5.74) is 1.78. The standard InChI is InChI=1S/C10H17NO/c1-7-8-6-12-11-9(8)4-5-10(7,2)3/h7-8H,4-6H2,1-3H3. The molecule has 12 heavy (non-hydrogen) atoms. The van der Waals surface area contributed by atoms with Crippen molar-refractivity contribution in [2.75, 3.05) is 6.61 Å². The van der Waals surface area contributed by atoms with Crippen molar-refractivity contribution in [1.82, 2.24) is 0 Å². The van der Waals surface area contributed by atoms with Crippen molar-refractivity contribution < 1.29 is 4.84 Å². The van der Waals surface area contributed by atoms with Crippen LogP contribution in [0.15, 0.2) is 5.16 Å². The van der Waals surface area contributed by atoms with Crippen molar-refractivity contribution >= 4 is 5.71 Å². The van der Waals surface area contributed by atoms with Crippen LogP contribution in [-0.2, 0) is 4.84 Å². The molecule has 2 nitrogen and oxygen atoms in total. The highest BCUT2D eigenvalue weighted by Gasteiger charge is 2.41. The Morgan fingerprint density at radius 3 is 3.00 bits per heavy atom. The van der Waals surface area contributed by atoms with E-state index >= 15 is 0 Å². The molecule has 68 valence electrons. The van der Waals surface area contributed by atoms with Crippen LogP contribution in [0.25, 0.3) is 0 Å². The summed E-state index contributed by atoms with van der Waals surface area (Å²) in [6.07, 6.45) is 2.40. The first kappa shape index (κ1) is 8.09.